The van der Waals surface area contributed by atoms with E-state index in [1.54, 1.807) is 6.07 Å². The fraction of sp³-hybridized carbons (Fsp3) is 0.125. The van der Waals surface area contributed by atoms with E-state index in [-0.39, 0.29) is 17.9 Å². The molecule has 2 aromatic carbocycles. The van der Waals surface area contributed by atoms with Crippen LogP contribution in [-0.4, -0.2) is 16.7 Å². The first kappa shape index (κ1) is 16.2. The van der Waals surface area contributed by atoms with E-state index in [0.29, 0.717) is 12.0 Å². The smallest absolute Gasteiger partial charge is 0.335 e. The van der Waals surface area contributed by atoms with Gasteiger partial charge in [-0.3, -0.25) is 10.1 Å². The summed E-state index contributed by atoms with van der Waals surface area (Å²) in [5.41, 5.74) is 6.88. The van der Waals surface area contributed by atoms with Gasteiger partial charge >= 0.3 is 5.97 Å². The predicted octanol–water partition coefficient (Wildman–Crippen LogP) is 2.39. The summed E-state index contributed by atoms with van der Waals surface area (Å²) in [6.07, 6.45) is 0.696. The lowest BCUT2D eigenvalue weighted by molar-refractivity contribution is -0.384. The van der Waals surface area contributed by atoms with Gasteiger partial charge in [-0.25, -0.2) is 4.79 Å². The van der Waals surface area contributed by atoms with Crippen LogP contribution in [0.25, 0.3) is 0 Å². The second kappa shape index (κ2) is 7.69. The van der Waals surface area contributed by atoms with E-state index in [1.165, 1.54) is 18.2 Å². The number of amidine groups is 1. The maximum atomic E-state index is 11.6. The third-order valence-electron chi connectivity index (χ3n) is 3.06. The molecule has 7 heteroatoms. The number of aryl methyl sites for hydroxylation is 1. The predicted molar refractivity (Wildman–Crippen MR) is 84.7 cm³/mol. The van der Waals surface area contributed by atoms with Crippen LogP contribution in [0.3, 0.4) is 0 Å². The Morgan fingerprint density at radius 3 is 2.61 bits per heavy atom. The zero-order valence-electron chi connectivity index (χ0n) is 12.2. The van der Waals surface area contributed by atoms with Gasteiger partial charge in [-0.2, -0.15) is 0 Å². The average molecular weight is 313 g/mol. The fourth-order valence-corrected chi connectivity index (χ4v) is 1.87. The first-order valence-corrected chi connectivity index (χ1v) is 6.88. The number of carbonyl (C=O) groups excluding carboxylic acids is 1. The molecule has 0 aliphatic heterocycles. The van der Waals surface area contributed by atoms with Crippen LogP contribution in [-0.2, 0) is 16.1 Å². The molecule has 0 amide bonds. The molecule has 0 saturated carbocycles. The van der Waals surface area contributed by atoms with E-state index < -0.39 is 10.9 Å². The summed E-state index contributed by atoms with van der Waals surface area (Å²) in [6, 6.07) is 15.1. The normalized spacial score (nSPS) is 11.0. The van der Waals surface area contributed by atoms with E-state index in [1.807, 2.05) is 30.3 Å². The molecule has 0 heterocycles. The molecule has 0 bridgehead atoms. The lowest BCUT2D eigenvalue weighted by atomic mass is 10.1. The van der Waals surface area contributed by atoms with Crippen LogP contribution >= 0.6 is 0 Å². The highest BCUT2D eigenvalue weighted by Crippen LogP contribution is 2.13. The second-order valence-electron chi connectivity index (χ2n) is 4.73. The van der Waals surface area contributed by atoms with Crippen molar-refractivity contribution in [1.29, 1.82) is 0 Å². The highest BCUT2D eigenvalue weighted by atomic mass is 16.7. The molecule has 0 aromatic heterocycles. The van der Waals surface area contributed by atoms with Crippen LogP contribution in [0.2, 0.25) is 0 Å². The van der Waals surface area contributed by atoms with Crippen LogP contribution in [0.5, 0.6) is 0 Å². The fourth-order valence-electron chi connectivity index (χ4n) is 1.87. The highest BCUT2D eigenvalue weighted by molar-refractivity contribution is 5.97. The number of nitrogens with two attached hydrogens (primary N) is 1. The molecular formula is C16H15N3O4. The largest absolute Gasteiger partial charge is 0.380 e. The molecule has 7 nitrogen and oxygen atoms in total. The number of oxime groups is 1. The number of hydrogen-bond acceptors (Lipinski definition) is 5. The summed E-state index contributed by atoms with van der Waals surface area (Å²) in [7, 11) is 0. The summed E-state index contributed by atoms with van der Waals surface area (Å²) in [4.78, 5) is 26.5. The van der Waals surface area contributed by atoms with Crippen LogP contribution < -0.4 is 5.73 Å². The number of benzene rings is 2. The SMILES string of the molecule is N/C(=N/OC(=O)CCc1ccccc1)c1cccc([N+](=O)[O-])c1. The van der Waals surface area contributed by atoms with Crippen LogP contribution in [0.4, 0.5) is 5.69 Å². The highest BCUT2D eigenvalue weighted by Gasteiger charge is 2.09. The van der Waals surface area contributed by atoms with Crippen molar-refractivity contribution >= 4 is 17.5 Å². The second-order valence-corrected chi connectivity index (χ2v) is 4.73. The van der Waals surface area contributed by atoms with Gasteiger partial charge in [-0.1, -0.05) is 47.6 Å². The Morgan fingerprint density at radius 2 is 1.91 bits per heavy atom. The first-order valence-electron chi connectivity index (χ1n) is 6.88. The quantitative estimate of drug-likeness (QED) is 0.289. The Morgan fingerprint density at radius 1 is 1.17 bits per heavy atom. The number of nitro benzene ring substituents is 1. The van der Waals surface area contributed by atoms with Gasteiger partial charge in [0.25, 0.3) is 5.69 Å². The maximum Gasteiger partial charge on any atom is 0.335 e. The molecule has 23 heavy (non-hydrogen) atoms. The van der Waals surface area contributed by atoms with E-state index in [0.717, 1.165) is 5.56 Å². The Labute approximate surface area is 132 Å². The lowest BCUT2D eigenvalue weighted by Crippen LogP contribution is -2.15. The summed E-state index contributed by atoms with van der Waals surface area (Å²) in [5, 5.41) is 14.2. The third kappa shape index (κ3) is 4.92. The van der Waals surface area contributed by atoms with E-state index in [9.17, 15) is 14.9 Å². The van der Waals surface area contributed by atoms with Crippen molar-refractivity contribution in [1.82, 2.24) is 0 Å². The third-order valence-corrected chi connectivity index (χ3v) is 3.06. The number of hydrogen-bond donors (Lipinski definition) is 1. The standard InChI is InChI=1S/C16H15N3O4/c17-16(13-7-4-8-14(11-13)19(21)22)18-23-15(20)10-9-12-5-2-1-3-6-12/h1-8,11H,9-10H2,(H2,17,18). The Hall–Kier alpha value is -3.22. The van der Waals surface area contributed by atoms with Gasteiger partial charge < -0.3 is 10.6 Å². The molecule has 0 aliphatic carbocycles. The van der Waals surface area contributed by atoms with E-state index >= 15 is 0 Å². The van der Waals surface area contributed by atoms with Crippen molar-refractivity contribution in [3.8, 4) is 0 Å². The van der Waals surface area contributed by atoms with Crippen molar-refractivity contribution in [3.05, 3.63) is 75.8 Å². The van der Waals surface area contributed by atoms with Crippen molar-refractivity contribution in [3.63, 3.8) is 0 Å². The summed E-state index contributed by atoms with van der Waals surface area (Å²) < 4.78 is 0. The Balaban J connectivity index is 1.92. The van der Waals surface area contributed by atoms with Crippen molar-refractivity contribution in [2.75, 3.05) is 0 Å². The van der Waals surface area contributed by atoms with E-state index in [2.05, 4.69) is 5.16 Å². The number of carbonyl (C=O) groups is 1. The summed E-state index contributed by atoms with van der Waals surface area (Å²) in [6.45, 7) is 0. The summed E-state index contributed by atoms with van der Waals surface area (Å²) in [5.74, 6) is -0.621. The zero-order chi connectivity index (χ0) is 16.7. The van der Waals surface area contributed by atoms with Crippen molar-refractivity contribution in [2.45, 2.75) is 12.8 Å². The molecule has 118 valence electrons. The van der Waals surface area contributed by atoms with Gasteiger partial charge in [-0.15, -0.1) is 0 Å². The zero-order valence-corrected chi connectivity index (χ0v) is 12.2. The number of nitrogens with zero attached hydrogens (tertiary/aromatic N) is 2. The van der Waals surface area contributed by atoms with Gasteiger partial charge in [0.1, 0.15) is 0 Å². The minimum Gasteiger partial charge on any atom is -0.380 e. The van der Waals surface area contributed by atoms with Gasteiger partial charge in [0, 0.05) is 17.7 Å². The number of nitro groups is 1. The van der Waals surface area contributed by atoms with E-state index in [4.69, 9.17) is 10.6 Å². The first-order chi connectivity index (χ1) is 11.1. The Bertz CT molecular complexity index is 729. The van der Waals surface area contributed by atoms with Gasteiger partial charge in [0.15, 0.2) is 5.84 Å². The molecule has 0 atom stereocenters. The Kier molecular flexibility index (Phi) is 5.40. The minimum atomic E-state index is -0.539. The average Bonchev–Trinajstić information content (AvgIpc) is 2.58. The molecule has 0 radical (unpaired) electrons. The minimum absolute atomic E-state index is 0.0956. The molecular weight excluding hydrogens is 298 g/mol. The molecule has 2 N–H and O–H groups in total. The lowest BCUT2D eigenvalue weighted by Gasteiger charge is -2.02. The summed E-state index contributed by atoms with van der Waals surface area (Å²) >= 11 is 0. The molecule has 0 aliphatic rings. The van der Waals surface area contributed by atoms with Crippen molar-refractivity contribution in [2.24, 2.45) is 10.9 Å². The molecule has 2 rings (SSSR count). The van der Waals surface area contributed by atoms with Gasteiger partial charge in [-0.05, 0) is 12.0 Å². The monoisotopic (exact) mass is 313 g/mol. The van der Waals surface area contributed by atoms with Crippen molar-refractivity contribution < 1.29 is 14.6 Å². The molecule has 0 saturated heterocycles. The number of rotatable bonds is 6. The van der Waals surface area contributed by atoms with Crippen LogP contribution in [0.1, 0.15) is 17.5 Å². The maximum absolute atomic E-state index is 11.6. The van der Waals surface area contributed by atoms with Gasteiger partial charge in [0.2, 0.25) is 0 Å². The number of non-ortho nitro benzene ring substituents is 1. The van der Waals surface area contributed by atoms with Gasteiger partial charge in [0.05, 0.1) is 11.3 Å². The topological polar surface area (TPSA) is 108 Å². The molecule has 0 spiro atoms. The molecule has 2 aromatic rings. The van der Waals surface area contributed by atoms with Crippen LogP contribution in [0.15, 0.2) is 59.8 Å². The molecule has 0 fully saturated rings. The van der Waals surface area contributed by atoms with Crippen LogP contribution in [0, 0.1) is 10.1 Å². The molecule has 0 unspecified atom stereocenters.